The van der Waals surface area contributed by atoms with Gasteiger partial charge in [0, 0.05) is 0 Å². The van der Waals surface area contributed by atoms with Crippen LogP contribution in [0.2, 0.25) is 0 Å². The highest BCUT2D eigenvalue weighted by molar-refractivity contribution is 5.43. The number of rotatable bonds is 12. The summed E-state index contributed by atoms with van der Waals surface area (Å²) in [5.74, 6) is 1.50. The highest BCUT2D eigenvalue weighted by Crippen LogP contribution is 2.39. The lowest BCUT2D eigenvalue weighted by Gasteiger charge is -2.29. The Kier molecular flexibility index (Phi) is 10.3. The van der Waals surface area contributed by atoms with Gasteiger partial charge in [0.15, 0.2) is 0 Å². The number of aryl methyl sites for hydroxylation is 3. The van der Waals surface area contributed by atoms with Gasteiger partial charge in [-0.1, -0.05) is 88.8 Å². The number of nitrogens with zero attached hydrogens (tertiary/aromatic N) is 1. The Balaban J connectivity index is 1.51. The zero-order chi connectivity index (χ0) is 22.6. The van der Waals surface area contributed by atoms with Crippen molar-refractivity contribution < 1.29 is 0 Å². The molecule has 0 N–H and O–H groups in total. The Labute approximate surface area is 197 Å². The molecule has 1 saturated carbocycles. The van der Waals surface area contributed by atoms with E-state index in [1.54, 1.807) is 0 Å². The van der Waals surface area contributed by atoms with Crippen LogP contribution >= 0.6 is 0 Å². The normalized spacial score (nSPS) is 18.4. The molecule has 1 aliphatic carbocycles. The summed E-state index contributed by atoms with van der Waals surface area (Å²) >= 11 is 0. The first-order chi connectivity index (χ1) is 15.7. The smallest absolute Gasteiger partial charge is 0.0994 e. The van der Waals surface area contributed by atoms with E-state index in [0.29, 0.717) is 5.92 Å². The van der Waals surface area contributed by atoms with E-state index in [4.69, 9.17) is 0 Å². The fourth-order valence-corrected chi connectivity index (χ4v) is 5.40. The van der Waals surface area contributed by atoms with Gasteiger partial charge >= 0.3 is 0 Å². The van der Waals surface area contributed by atoms with Gasteiger partial charge in [0.2, 0.25) is 0 Å². The molecule has 0 saturated heterocycles. The number of hydrogen-bond donors (Lipinski definition) is 0. The zero-order valence-electron chi connectivity index (χ0n) is 20.5. The molecule has 0 amide bonds. The van der Waals surface area contributed by atoms with Crippen molar-refractivity contribution in [2.45, 2.75) is 110 Å². The van der Waals surface area contributed by atoms with Gasteiger partial charge in [-0.25, -0.2) is 0 Å². The largest absolute Gasteiger partial charge is 0.192 e. The Hall–Kier alpha value is -2.07. The standard InChI is InChI=1S/C31H43N/c1-3-5-7-9-25-11-13-27(14-12-25)15-16-28-19-22-31(30(23-28)24-32)29-20-17-26(18-21-29)10-8-6-4-2/h11-14,19,22-23,26,29H,3-10,15-18,20-21H2,1-2H3/t26-,29-. The van der Waals surface area contributed by atoms with Crippen LogP contribution in [-0.2, 0) is 19.3 Å². The molecule has 1 aliphatic rings. The van der Waals surface area contributed by atoms with Crippen LogP contribution in [0.4, 0.5) is 0 Å². The Morgan fingerprint density at radius 2 is 1.31 bits per heavy atom. The molecule has 0 aromatic heterocycles. The average Bonchev–Trinajstić information content (AvgIpc) is 2.84. The summed E-state index contributed by atoms with van der Waals surface area (Å²) in [5, 5.41) is 9.82. The first-order valence-electron chi connectivity index (χ1n) is 13.3. The van der Waals surface area contributed by atoms with Gasteiger partial charge in [-0.15, -0.1) is 0 Å². The number of unbranched alkanes of at least 4 members (excludes halogenated alkanes) is 4. The molecule has 0 bridgehead atoms. The molecule has 172 valence electrons. The first-order valence-corrected chi connectivity index (χ1v) is 13.3. The van der Waals surface area contributed by atoms with Gasteiger partial charge in [0.05, 0.1) is 11.6 Å². The molecular weight excluding hydrogens is 386 g/mol. The summed E-state index contributed by atoms with van der Waals surface area (Å²) in [6.45, 7) is 4.54. The van der Waals surface area contributed by atoms with Crippen molar-refractivity contribution in [2.24, 2.45) is 5.92 Å². The molecule has 0 unspecified atom stereocenters. The van der Waals surface area contributed by atoms with Gasteiger partial charge in [-0.2, -0.15) is 5.26 Å². The lowest BCUT2D eigenvalue weighted by atomic mass is 9.76. The average molecular weight is 430 g/mol. The van der Waals surface area contributed by atoms with Crippen LogP contribution < -0.4 is 0 Å². The summed E-state index contributed by atoms with van der Waals surface area (Å²) in [6, 6.07) is 18.4. The summed E-state index contributed by atoms with van der Waals surface area (Å²) in [4.78, 5) is 0. The van der Waals surface area contributed by atoms with Crippen LogP contribution in [0.1, 0.15) is 118 Å². The van der Waals surface area contributed by atoms with Gasteiger partial charge < -0.3 is 0 Å². The molecular formula is C31H43N. The lowest BCUT2D eigenvalue weighted by Crippen LogP contribution is -2.14. The maximum atomic E-state index is 9.82. The molecule has 1 nitrogen and oxygen atoms in total. The Morgan fingerprint density at radius 3 is 1.97 bits per heavy atom. The van der Waals surface area contributed by atoms with E-state index in [0.717, 1.165) is 24.3 Å². The second kappa shape index (κ2) is 13.5. The van der Waals surface area contributed by atoms with Crippen molar-refractivity contribution in [1.29, 1.82) is 5.26 Å². The van der Waals surface area contributed by atoms with Crippen molar-refractivity contribution in [2.75, 3.05) is 0 Å². The van der Waals surface area contributed by atoms with Crippen LogP contribution in [0.3, 0.4) is 0 Å². The van der Waals surface area contributed by atoms with E-state index in [9.17, 15) is 5.26 Å². The monoisotopic (exact) mass is 429 g/mol. The third-order valence-electron chi connectivity index (χ3n) is 7.53. The summed E-state index contributed by atoms with van der Waals surface area (Å²) in [7, 11) is 0. The third-order valence-corrected chi connectivity index (χ3v) is 7.53. The molecule has 0 heterocycles. The topological polar surface area (TPSA) is 23.8 Å². The summed E-state index contributed by atoms with van der Waals surface area (Å²) < 4.78 is 0. The van der Waals surface area contributed by atoms with Crippen LogP contribution in [0.25, 0.3) is 0 Å². The SMILES string of the molecule is CCCCCc1ccc(CCc2ccc([C@H]3CC[C@H](CCCCC)CC3)c(C#N)c2)cc1. The molecule has 1 fully saturated rings. The van der Waals surface area contributed by atoms with E-state index in [1.807, 2.05) is 0 Å². The maximum Gasteiger partial charge on any atom is 0.0994 e. The van der Waals surface area contributed by atoms with Crippen LogP contribution in [-0.4, -0.2) is 0 Å². The molecule has 0 aliphatic heterocycles. The van der Waals surface area contributed by atoms with Gasteiger partial charge in [-0.3, -0.25) is 0 Å². The van der Waals surface area contributed by atoms with E-state index in [2.05, 4.69) is 62.4 Å². The van der Waals surface area contributed by atoms with E-state index >= 15 is 0 Å². The molecule has 0 spiro atoms. The van der Waals surface area contributed by atoms with E-state index in [1.165, 1.54) is 99.3 Å². The van der Waals surface area contributed by atoms with Crippen LogP contribution in [0, 0.1) is 17.2 Å². The summed E-state index contributed by atoms with van der Waals surface area (Å²) in [6.07, 6.45) is 17.8. The van der Waals surface area contributed by atoms with E-state index < -0.39 is 0 Å². The highest BCUT2D eigenvalue weighted by Gasteiger charge is 2.24. The van der Waals surface area contributed by atoms with Crippen molar-refractivity contribution in [3.05, 3.63) is 70.3 Å². The van der Waals surface area contributed by atoms with E-state index in [-0.39, 0.29) is 0 Å². The highest BCUT2D eigenvalue weighted by atomic mass is 14.3. The summed E-state index contributed by atoms with van der Waals surface area (Å²) in [5.41, 5.74) is 6.38. The third kappa shape index (κ3) is 7.51. The maximum absolute atomic E-state index is 9.82. The number of benzene rings is 2. The quantitative estimate of drug-likeness (QED) is 0.309. The van der Waals surface area contributed by atoms with Crippen molar-refractivity contribution in [3.63, 3.8) is 0 Å². The lowest BCUT2D eigenvalue weighted by molar-refractivity contribution is 0.302. The second-order valence-corrected chi connectivity index (χ2v) is 10.0. The van der Waals surface area contributed by atoms with Crippen LogP contribution in [0.15, 0.2) is 42.5 Å². The molecule has 2 aromatic carbocycles. The van der Waals surface area contributed by atoms with Gasteiger partial charge in [0.25, 0.3) is 0 Å². The van der Waals surface area contributed by atoms with Crippen LogP contribution in [0.5, 0.6) is 0 Å². The fraction of sp³-hybridized carbons (Fsp3) is 0.581. The zero-order valence-corrected chi connectivity index (χ0v) is 20.5. The fourth-order valence-electron chi connectivity index (χ4n) is 5.40. The molecule has 32 heavy (non-hydrogen) atoms. The molecule has 2 aromatic rings. The van der Waals surface area contributed by atoms with Gasteiger partial charge in [-0.05, 0) is 91.5 Å². The van der Waals surface area contributed by atoms with Crippen molar-refractivity contribution in [3.8, 4) is 6.07 Å². The van der Waals surface area contributed by atoms with Crippen molar-refractivity contribution >= 4 is 0 Å². The predicted octanol–water partition coefficient (Wildman–Crippen LogP) is 8.93. The molecule has 0 radical (unpaired) electrons. The minimum Gasteiger partial charge on any atom is -0.192 e. The molecule has 3 rings (SSSR count). The minimum absolute atomic E-state index is 0.585. The first kappa shape index (κ1) is 24.6. The minimum atomic E-state index is 0.585. The second-order valence-electron chi connectivity index (χ2n) is 10.0. The van der Waals surface area contributed by atoms with Crippen molar-refractivity contribution in [1.82, 2.24) is 0 Å². The number of nitriles is 1. The Morgan fingerprint density at radius 1 is 0.719 bits per heavy atom. The molecule has 1 heteroatoms. The Bertz CT molecular complexity index is 834. The van der Waals surface area contributed by atoms with Gasteiger partial charge in [0.1, 0.15) is 0 Å². The molecule has 0 atom stereocenters. The predicted molar refractivity (Wildman–Crippen MR) is 137 cm³/mol. The number of hydrogen-bond acceptors (Lipinski definition) is 1.